The molecular weight excluding hydrogens is 721 g/mol. The molecule has 0 saturated heterocycles. The van der Waals surface area contributed by atoms with E-state index in [2.05, 4.69) is 103 Å². The molecular formula is C38H32IrN2OSi-2. The van der Waals surface area contributed by atoms with Gasteiger partial charge in [-0.15, -0.1) is 59.7 Å². The van der Waals surface area contributed by atoms with Crippen molar-refractivity contribution in [3.05, 3.63) is 139 Å². The van der Waals surface area contributed by atoms with Crippen molar-refractivity contribution < 1.29 is 24.5 Å². The molecule has 0 atom stereocenters. The molecule has 0 bridgehead atoms. The molecule has 0 fully saturated rings. The molecule has 0 aliphatic carbocycles. The second kappa shape index (κ2) is 13.0. The van der Waals surface area contributed by atoms with Crippen LogP contribution in [0, 0.1) is 19.1 Å². The maximum absolute atomic E-state index is 6.08. The minimum absolute atomic E-state index is 0. The summed E-state index contributed by atoms with van der Waals surface area (Å²) >= 11 is 0. The van der Waals surface area contributed by atoms with Crippen LogP contribution in [-0.2, 0) is 20.1 Å². The Balaban J connectivity index is 0.000000188. The van der Waals surface area contributed by atoms with Gasteiger partial charge < -0.3 is 14.4 Å². The van der Waals surface area contributed by atoms with Gasteiger partial charge in [-0.3, -0.25) is 0 Å². The normalized spacial score (nSPS) is 11.1. The Morgan fingerprint density at radius 1 is 0.651 bits per heavy atom. The predicted octanol–water partition coefficient (Wildman–Crippen LogP) is 9.52. The first-order valence-corrected chi connectivity index (χ1v) is 17.7. The van der Waals surface area contributed by atoms with E-state index in [1.165, 1.54) is 16.3 Å². The third kappa shape index (κ3) is 6.92. The molecule has 43 heavy (non-hydrogen) atoms. The van der Waals surface area contributed by atoms with Gasteiger partial charge in [-0.05, 0) is 46.8 Å². The third-order valence-corrected chi connectivity index (χ3v) is 9.35. The van der Waals surface area contributed by atoms with Gasteiger partial charge in [0.05, 0.1) is 13.7 Å². The second-order valence-corrected chi connectivity index (χ2v) is 16.6. The number of fused-ring (bicyclic) bond motifs is 3. The molecule has 3 heterocycles. The van der Waals surface area contributed by atoms with Gasteiger partial charge in [0.25, 0.3) is 0 Å². The second-order valence-electron chi connectivity index (χ2n) is 11.5. The van der Waals surface area contributed by atoms with E-state index < -0.39 is 8.07 Å². The summed E-state index contributed by atoms with van der Waals surface area (Å²) in [4.78, 5) is 8.99. The van der Waals surface area contributed by atoms with Crippen LogP contribution in [-0.4, -0.2) is 18.0 Å². The first-order chi connectivity index (χ1) is 20.3. The van der Waals surface area contributed by atoms with E-state index >= 15 is 0 Å². The smallest absolute Gasteiger partial charge is 0.121 e. The quantitative estimate of drug-likeness (QED) is 0.133. The number of pyridine rings is 2. The number of rotatable bonds is 4. The number of aromatic nitrogens is 2. The van der Waals surface area contributed by atoms with Gasteiger partial charge in [-0.2, -0.15) is 0 Å². The first kappa shape index (κ1) is 30.3. The van der Waals surface area contributed by atoms with E-state index in [0.717, 1.165) is 50.0 Å². The molecule has 3 aromatic heterocycles. The van der Waals surface area contributed by atoms with Crippen LogP contribution in [0.4, 0.5) is 0 Å². The minimum Gasteiger partial charge on any atom is -0.500 e. The average Bonchev–Trinajstić information content (AvgIpc) is 3.39. The van der Waals surface area contributed by atoms with Crippen LogP contribution in [0.15, 0.2) is 126 Å². The van der Waals surface area contributed by atoms with Crippen LogP contribution < -0.4 is 5.19 Å². The number of benzene rings is 4. The Morgan fingerprint density at radius 2 is 1.47 bits per heavy atom. The molecule has 7 rings (SSSR count). The van der Waals surface area contributed by atoms with E-state index in [0.29, 0.717) is 0 Å². The Labute approximate surface area is 268 Å². The zero-order chi connectivity index (χ0) is 29.1. The fraction of sp³-hybridized carbons (Fsp3) is 0.105. The van der Waals surface area contributed by atoms with Crippen molar-refractivity contribution in [1.29, 1.82) is 0 Å². The van der Waals surface area contributed by atoms with Gasteiger partial charge in [0.15, 0.2) is 0 Å². The van der Waals surface area contributed by atoms with Crippen molar-refractivity contribution >= 4 is 35.2 Å². The van der Waals surface area contributed by atoms with Crippen LogP contribution in [0.5, 0.6) is 0 Å². The van der Waals surface area contributed by atoms with Gasteiger partial charge in [0.1, 0.15) is 5.58 Å². The fourth-order valence-electron chi connectivity index (χ4n) is 4.91. The van der Waals surface area contributed by atoms with Crippen LogP contribution in [0.1, 0.15) is 5.56 Å². The van der Waals surface area contributed by atoms with Gasteiger partial charge >= 0.3 is 0 Å². The number of aryl methyl sites for hydroxylation is 1. The van der Waals surface area contributed by atoms with Gasteiger partial charge in [0, 0.05) is 37.9 Å². The molecule has 0 unspecified atom stereocenters. The summed E-state index contributed by atoms with van der Waals surface area (Å²) in [5.74, 6) is 0. The number of nitrogens with zero attached hydrogens (tertiary/aromatic N) is 2. The summed E-state index contributed by atoms with van der Waals surface area (Å²) in [7, 11) is -1.23. The van der Waals surface area contributed by atoms with E-state index in [1.807, 2.05) is 67.0 Å². The molecule has 0 aliphatic heterocycles. The molecule has 0 amide bonds. The Morgan fingerprint density at radius 3 is 2.16 bits per heavy atom. The summed E-state index contributed by atoms with van der Waals surface area (Å²) in [6, 6.07) is 43.6. The standard InChI is InChI=1S/C24H16NO.C14H16NSi.Ir/c1-16-11-12-25-22(13-16)19-8-10-23-21(14-19)20-9-7-18(15-24(20)26-23)17-5-3-2-4-6-17;1-16(2,3)13-9-10-14(15-11-13)12-7-5-4-6-8-12;/h2-7,9-15H,1H3;4-7,9-11H,1-3H3;/q2*-1;. The van der Waals surface area contributed by atoms with Crippen LogP contribution >= 0.6 is 0 Å². The molecule has 0 saturated carbocycles. The predicted molar refractivity (Wildman–Crippen MR) is 177 cm³/mol. The summed E-state index contributed by atoms with van der Waals surface area (Å²) in [6.45, 7) is 9.07. The van der Waals surface area contributed by atoms with Crippen molar-refractivity contribution in [2.75, 3.05) is 0 Å². The van der Waals surface area contributed by atoms with Crippen molar-refractivity contribution in [2.45, 2.75) is 26.6 Å². The average molecular weight is 753 g/mol. The zero-order valence-electron chi connectivity index (χ0n) is 24.7. The van der Waals surface area contributed by atoms with E-state index in [4.69, 9.17) is 4.42 Å². The topological polar surface area (TPSA) is 38.9 Å². The first-order valence-electron chi connectivity index (χ1n) is 14.2. The fourth-order valence-corrected chi connectivity index (χ4v) is 5.95. The van der Waals surface area contributed by atoms with Gasteiger partial charge in [-0.25, -0.2) is 0 Å². The Bertz CT molecular complexity index is 1960. The molecule has 0 spiro atoms. The Kier molecular flexibility index (Phi) is 9.17. The summed E-state index contributed by atoms with van der Waals surface area (Å²) < 4.78 is 6.08. The van der Waals surface area contributed by atoms with E-state index in [9.17, 15) is 0 Å². The Hall–Kier alpha value is -4.15. The summed E-state index contributed by atoms with van der Waals surface area (Å²) in [5.41, 5.74) is 9.25. The number of furan rings is 1. The molecule has 5 heteroatoms. The number of hydrogen-bond donors (Lipinski definition) is 0. The van der Waals surface area contributed by atoms with Gasteiger partial charge in [0.2, 0.25) is 0 Å². The van der Waals surface area contributed by atoms with Crippen LogP contribution in [0.25, 0.3) is 55.6 Å². The van der Waals surface area contributed by atoms with E-state index in [1.54, 1.807) is 0 Å². The molecule has 3 nitrogen and oxygen atoms in total. The maximum atomic E-state index is 6.08. The summed E-state index contributed by atoms with van der Waals surface area (Å²) in [6.07, 6.45) is 3.85. The van der Waals surface area contributed by atoms with Crippen LogP contribution in [0.3, 0.4) is 0 Å². The van der Waals surface area contributed by atoms with Crippen molar-refractivity contribution in [2.24, 2.45) is 0 Å². The largest absolute Gasteiger partial charge is 0.500 e. The SMILES string of the molecule is C[Si](C)(C)c1ccc(-c2[c-]cccc2)nc1.Cc1ccnc(-c2[c-]cc3oc4cc(-c5ccccc5)ccc4c3c2)c1.[Ir]. The molecule has 7 aromatic rings. The molecule has 1 radical (unpaired) electrons. The van der Waals surface area contributed by atoms with E-state index in [-0.39, 0.29) is 20.1 Å². The van der Waals surface area contributed by atoms with Gasteiger partial charge in [-0.1, -0.05) is 91.3 Å². The van der Waals surface area contributed by atoms with Crippen molar-refractivity contribution in [1.82, 2.24) is 9.97 Å². The summed E-state index contributed by atoms with van der Waals surface area (Å²) in [5, 5.41) is 3.60. The third-order valence-electron chi connectivity index (χ3n) is 7.32. The number of hydrogen-bond acceptors (Lipinski definition) is 3. The minimum atomic E-state index is -1.23. The molecule has 4 aromatic carbocycles. The zero-order valence-corrected chi connectivity index (χ0v) is 28.1. The van der Waals surface area contributed by atoms with Crippen molar-refractivity contribution in [3.63, 3.8) is 0 Å². The molecule has 0 N–H and O–H groups in total. The molecule has 215 valence electrons. The maximum Gasteiger partial charge on any atom is 0.121 e. The molecule has 0 aliphatic rings. The van der Waals surface area contributed by atoms with Crippen LogP contribution in [0.2, 0.25) is 19.6 Å². The van der Waals surface area contributed by atoms with Crippen molar-refractivity contribution in [3.8, 4) is 33.6 Å². The monoisotopic (exact) mass is 753 g/mol.